The molecule has 5 nitrogen and oxygen atoms in total. The normalized spacial score (nSPS) is 18.8. The molecule has 2 aliphatic carbocycles. The number of rotatable bonds is 5. The van der Waals surface area contributed by atoms with Crippen LogP contribution in [0, 0.1) is 11.3 Å². The van der Waals surface area contributed by atoms with E-state index in [2.05, 4.69) is 11.4 Å². The minimum absolute atomic E-state index is 0.108. The number of nitrogens with one attached hydrogen (secondary N) is 1. The summed E-state index contributed by atoms with van der Waals surface area (Å²) in [4.78, 5) is 12.4. The zero-order valence-corrected chi connectivity index (χ0v) is 14.5. The Morgan fingerprint density at radius 1 is 1.17 bits per heavy atom. The molecule has 3 rings (SSSR count). The third-order valence-corrected chi connectivity index (χ3v) is 6.79. The van der Waals surface area contributed by atoms with Crippen molar-refractivity contribution >= 4 is 15.7 Å². The summed E-state index contributed by atoms with van der Waals surface area (Å²) < 4.78 is 25.0. The summed E-state index contributed by atoms with van der Waals surface area (Å²) >= 11 is 0. The maximum absolute atomic E-state index is 12.5. The van der Waals surface area contributed by atoms with Gasteiger partial charge in [0.1, 0.15) is 5.54 Å². The van der Waals surface area contributed by atoms with E-state index >= 15 is 0 Å². The van der Waals surface area contributed by atoms with Crippen LogP contribution in [-0.4, -0.2) is 25.6 Å². The molecule has 1 N–H and O–H groups in total. The van der Waals surface area contributed by atoms with Gasteiger partial charge in [-0.3, -0.25) is 4.79 Å². The van der Waals surface area contributed by atoms with Gasteiger partial charge in [-0.1, -0.05) is 6.07 Å². The summed E-state index contributed by atoms with van der Waals surface area (Å²) in [7, 11) is -3.48. The molecule has 0 spiro atoms. The van der Waals surface area contributed by atoms with Crippen LogP contribution in [-0.2, 0) is 27.5 Å². The number of fused-ring (bicyclic) bond motifs is 1. The van der Waals surface area contributed by atoms with Crippen molar-refractivity contribution in [1.29, 1.82) is 5.26 Å². The molecule has 0 unspecified atom stereocenters. The largest absolute Gasteiger partial charge is 0.338 e. The second kappa shape index (κ2) is 6.56. The highest BCUT2D eigenvalue weighted by atomic mass is 32.2. The number of nitrogens with zero attached hydrogens (tertiary/aromatic N) is 1. The number of carbonyl (C=O) groups excluding carboxylic acids is 1. The van der Waals surface area contributed by atoms with Crippen LogP contribution >= 0.6 is 0 Å². The molecule has 0 aliphatic heterocycles. The van der Waals surface area contributed by atoms with Crippen molar-refractivity contribution < 1.29 is 13.2 Å². The first-order valence-corrected chi connectivity index (χ1v) is 10.2. The predicted molar refractivity (Wildman–Crippen MR) is 90.1 cm³/mol. The molecule has 1 amide bonds. The van der Waals surface area contributed by atoms with Gasteiger partial charge in [0, 0.05) is 6.42 Å². The molecule has 1 fully saturated rings. The zero-order valence-electron chi connectivity index (χ0n) is 13.7. The molecule has 6 heteroatoms. The lowest BCUT2D eigenvalue weighted by atomic mass is 10.00. The molecule has 0 radical (unpaired) electrons. The van der Waals surface area contributed by atoms with Crippen molar-refractivity contribution in [2.75, 3.05) is 5.75 Å². The molecular weight excluding hydrogens is 324 g/mol. The Kier molecular flexibility index (Phi) is 4.64. The minimum Gasteiger partial charge on any atom is -0.338 e. The van der Waals surface area contributed by atoms with E-state index in [-0.39, 0.29) is 18.1 Å². The molecule has 2 aliphatic rings. The molecule has 24 heavy (non-hydrogen) atoms. The summed E-state index contributed by atoms with van der Waals surface area (Å²) in [5.41, 5.74) is 1.54. The van der Waals surface area contributed by atoms with Gasteiger partial charge in [0.15, 0.2) is 9.84 Å². The molecule has 1 aromatic carbocycles. The lowest BCUT2D eigenvalue weighted by Crippen LogP contribution is -2.45. The maximum atomic E-state index is 12.5. The average Bonchev–Trinajstić information content (AvgIpc) is 3.21. The van der Waals surface area contributed by atoms with E-state index in [4.69, 9.17) is 0 Å². The maximum Gasteiger partial charge on any atom is 0.222 e. The Bertz CT molecular complexity index is 787. The number of aryl methyl sites for hydroxylation is 2. The van der Waals surface area contributed by atoms with Gasteiger partial charge in [-0.25, -0.2) is 8.42 Å². The van der Waals surface area contributed by atoms with Crippen LogP contribution in [0.15, 0.2) is 23.1 Å². The lowest BCUT2D eigenvalue weighted by molar-refractivity contribution is -0.122. The molecule has 128 valence electrons. The summed E-state index contributed by atoms with van der Waals surface area (Å²) in [5, 5.41) is 12.0. The van der Waals surface area contributed by atoms with Gasteiger partial charge in [-0.05, 0) is 68.2 Å². The third-order valence-electron chi connectivity index (χ3n) is 5.08. The molecule has 0 heterocycles. The Morgan fingerprint density at radius 2 is 1.88 bits per heavy atom. The quantitative estimate of drug-likeness (QED) is 0.886. The molecule has 0 bridgehead atoms. The van der Waals surface area contributed by atoms with E-state index in [1.165, 1.54) is 5.56 Å². The van der Waals surface area contributed by atoms with Crippen LogP contribution < -0.4 is 5.32 Å². The highest BCUT2D eigenvalue weighted by molar-refractivity contribution is 7.91. The van der Waals surface area contributed by atoms with Gasteiger partial charge < -0.3 is 5.32 Å². The SMILES string of the molecule is N#CC1(NC(=O)CCS(=O)(=O)c2ccc3c(c2)CCC3)CCCC1. The summed E-state index contributed by atoms with van der Waals surface area (Å²) in [6.07, 6.45) is 6.01. The molecule has 1 saturated carbocycles. The van der Waals surface area contributed by atoms with Crippen molar-refractivity contribution in [2.24, 2.45) is 0 Å². The standard InChI is InChI=1S/C18H22N2O3S/c19-13-18(9-1-2-10-18)20-17(21)8-11-24(22,23)16-7-6-14-4-3-5-15(14)12-16/h6-7,12H,1-5,8-11H2,(H,20,21). The average molecular weight is 346 g/mol. The fourth-order valence-corrected chi connectivity index (χ4v) is 4.95. The molecule has 0 saturated heterocycles. The van der Waals surface area contributed by atoms with E-state index in [9.17, 15) is 18.5 Å². The Balaban J connectivity index is 1.63. The summed E-state index contributed by atoms with van der Waals surface area (Å²) in [6.45, 7) is 0. The van der Waals surface area contributed by atoms with Crippen LogP contribution in [0.4, 0.5) is 0 Å². The second-order valence-corrected chi connectivity index (χ2v) is 8.91. The molecule has 1 aromatic rings. The number of hydrogen-bond acceptors (Lipinski definition) is 4. The minimum atomic E-state index is -3.48. The van der Waals surface area contributed by atoms with Crippen LogP contribution in [0.2, 0.25) is 0 Å². The Morgan fingerprint density at radius 3 is 2.58 bits per heavy atom. The first-order valence-electron chi connectivity index (χ1n) is 8.51. The fraction of sp³-hybridized carbons (Fsp3) is 0.556. The number of sulfone groups is 1. The molecule has 0 atom stereocenters. The van der Waals surface area contributed by atoms with Crippen molar-refractivity contribution in [3.63, 3.8) is 0 Å². The van der Waals surface area contributed by atoms with E-state index in [0.717, 1.165) is 37.7 Å². The van der Waals surface area contributed by atoms with E-state index in [1.807, 2.05) is 6.07 Å². The molecular formula is C18H22N2O3S. The van der Waals surface area contributed by atoms with Crippen molar-refractivity contribution in [1.82, 2.24) is 5.32 Å². The van der Waals surface area contributed by atoms with E-state index in [0.29, 0.717) is 17.7 Å². The predicted octanol–water partition coefficient (Wildman–Crippen LogP) is 2.29. The summed E-state index contributed by atoms with van der Waals surface area (Å²) in [5.74, 6) is -0.581. The van der Waals surface area contributed by atoms with Crippen LogP contribution in [0.25, 0.3) is 0 Å². The van der Waals surface area contributed by atoms with Gasteiger partial charge in [0.2, 0.25) is 5.91 Å². The van der Waals surface area contributed by atoms with Crippen molar-refractivity contribution in [3.8, 4) is 6.07 Å². The number of amides is 1. The second-order valence-electron chi connectivity index (χ2n) is 6.80. The van der Waals surface area contributed by atoms with Gasteiger partial charge in [-0.15, -0.1) is 0 Å². The topological polar surface area (TPSA) is 87.0 Å². The van der Waals surface area contributed by atoms with Crippen LogP contribution in [0.3, 0.4) is 0 Å². The number of carbonyl (C=O) groups is 1. The number of hydrogen-bond donors (Lipinski definition) is 1. The first kappa shape index (κ1) is 17.0. The number of nitriles is 1. The van der Waals surface area contributed by atoms with Gasteiger partial charge in [-0.2, -0.15) is 5.26 Å². The number of benzene rings is 1. The highest BCUT2D eigenvalue weighted by Crippen LogP contribution is 2.29. The smallest absolute Gasteiger partial charge is 0.222 e. The monoisotopic (exact) mass is 346 g/mol. The van der Waals surface area contributed by atoms with E-state index in [1.54, 1.807) is 12.1 Å². The molecule has 0 aromatic heterocycles. The van der Waals surface area contributed by atoms with Gasteiger partial charge >= 0.3 is 0 Å². The Labute approximate surface area is 143 Å². The van der Waals surface area contributed by atoms with E-state index < -0.39 is 15.4 Å². The van der Waals surface area contributed by atoms with Gasteiger partial charge in [0.05, 0.1) is 16.7 Å². The third kappa shape index (κ3) is 3.46. The highest BCUT2D eigenvalue weighted by Gasteiger charge is 2.35. The van der Waals surface area contributed by atoms with Gasteiger partial charge in [0.25, 0.3) is 0 Å². The van der Waals surface area contributed by atoms with Crippen LogP contribution in [0.1, 0.15) is 49.7 Å². The summed E-state index contributed by atoms with van der Waals surface area (Å²) in [6, 6.07) is 7.47. The fourth-order valence-electron chi connectivity index (χ4n) is 3.66. The Hall–Kier alpha value is -1.87. The zero-order chi connectivity index (χ0) is 17.2. The lowest BCUT2D eigenvalue weighted by Gasteiger charge is -2.21. The van der Waals surface area contributed by atoms with Crippen LogP contribution in [0.5, 0.6) is 0 Å². The van der Waals surface area contributed by atoms with Crippen molar-refractivity contribution in [3.05, 3.63) is 29.3 Å². The van der Waals surface area contributed by atoms with Crippen molar-refractivity contribution in [2.45, 2.75) is 61.8 Å². The first-order chi connectivity index (χ1) is 11.4.